The van der Waals surface area contributed by atoms with Crippen LogP contribution in [0.5, 0.6) is 11.5 Å². The molecule has 0 amide bonds. The molecule has 0 radical (unpaired) electrons. The highest BCUT2D eigenvalue weighted by Crippen LogP contribution is 2.40. The van der Waals surface area contributed by atoms with Crippen molar-refractivity contribution in [1.82, 2.24) is 0 Å². The molecule has 1 atom stereocenters. The molecule has 5 heteroatoms. The van der Waals surface area contributed by atoms with Crippen LogP contribution in [0, 0.1) is 12.7 Å². The largest absolute Gasteiger partial charge is 0.495 e. The van der Waals surface area contributed by atoms with E-state index in [-0.39, 0.29) is 5.82 Å². The maximum Gasteiger partial charge on any atom is 0.146 e. The zero-order valence-electron chi connectivity index (χ0n) is 12.1. The maximum atomic E-state index is 13.4. The SMILES string of the molecule is COc1ccc(C(N)c2ccc(F)c(C)c2)c(OC)c1Cl. The molecule has 1 unspecified atom stereocenters. The molecule has 2 N–H and O–H groups in total. The minimum atomic E-state index is -0.470. The summed E-state index contributed by atoms with van der Waals surface area (Å²) < 4.78 is 23.9. The van der Waals surface area contributed by atoms with Gasteiger partial charge in [-0.15, -0.1) is 0 Å². The number of benzene rings is 2. The number of hydrogen-bond donors (Lipinski definition) is 1. The van der Waals surface area contributed by atoms with Gasteiger partial charge in [0.2, 0.25) is 0 Å². The number of aryl methyl sites for hydroxylation is 1. The van der Waals surface area contributed by atoms with Crippen molar-refractivity contribution in [1.29, 1.82) is 0 Å². The lowest BCUT2D eigenvalue weighted by molar-refractivity contribution is 0.390. The highest BCUT2D eigenvalue weighted by atomic mass is 35.5. The Morgan fingerprint density at radius 1 is 1.14 bits per heavy atom. The van der Waals surface area contributed by atoms with Crippen molar-refractivity contribution >= 4 is 11.6 Å². The van der Waals surface area contributed by atoms with Crippen molar-refractivity contribution in [2.24, 2.45) is 5.73 Å². The minimum absolute atomic E-state index is 0.259. The van der Waals surface area contributed by atoms with Gasteiger partial charge in [-0.2, -0.15) is 0 Å². The molecule has 2 aromatic carbocycles. The van der Waals surface area contributed by atoms with Crippen LogP contribution < -0.4 is 15.2 Å². The average Bonchev–Trinajstić information content (AvgIpc) is 2.49. The summed E-state index contributed by atoms with van der Waals surface area (Å²) in [5.41, 5.74) is 8.32. The molecular formula is C16H17ClFNO2. The zero-order valence-corrected chi connectivity index (χ0v) is 12.9. The monoisotopic (exact) mass is 309 g/mol. The van der Waals surface area contributed by atoms with E-state index >= 15 is 0 Å². The maximum absolute atomic E-state index is 13.4. The Labute approximate surface area is 128 Å². The number of rotatable bonds is 4. The second-order valence-corrected chi connectivity index (χ2v) is 5.07. The van der Waals surface area contributed by atoms with E-state index in [9.17, 15) is 4.39 Å². The summed E-state index contributed by atoms with van der Waals surface area (Å²) in [5.74, 6) is 0.718. The highest BCUT2D eigenvalue weighted by Gasteiger charge is 2.19. The first-order valence-electron chi connectivity index (χ1n) is 6.41. The number of ether oxygens (including phenoxy) is 2. The fourth-order valence-corrected chi connectivity index (χ4v) is 2.53. The fraction of sp³-hybridized carbons (Fsp3) is 0.250. The van der Waals surface area contributed by atoms with Crippen LogP contribution in [0.1, 0.15) is 22.7 Å². The van der Waals surface area contributed by atoms with Gasteiger partial charge in [-0.05, 0) is 36.2 Å². The quantitative estimate of drug-likeness (QED) is 0.933. The van der Waals surface area contributed by atoms with E-state index in [1.54, 1.807) is 31.2 Å². The lowest BCUT2D eigenvalue weighted by Crippen LogP contribution is -2.14. The van der Waals surface area contributed by atoms with Gasteiger partial charge in [0, 0.05) is 5.56 Å². The molecule has 0 saturated heterocycles. The predicted molar refractivity (Wildman–Crippen MR) is 81.7 cm³/mol. The summed E-state index contributed by atoms with van der Waals surface area (Å²) in [7, 11) is 3.05. The second kappa shape index (κ2) is 6.33. The van der Waals surface area contributed by atoms with Crippen molar-refractivity contribution in [2.75, 3.05) is 14.2 Å². The Kier molecular flexibility index (Phi) is 4.70. The zero-order chi connectivity index (χ0) is 15.6. The molecule has 2 aromatic rings. The molecule has 2 rings (SSSR count). The molecule has 0 fully saturated rings. The van der Waals surface area contributed by atoms with Gasteiger partial charge in [0.05, 0.1) is 20.3 Å². The molecule has 112 valence electrons. The summed E-state index contributed by atoms with van der Waals surface area (Å²) >= 11 is 6.24. The van der Waals surface area contributed by atoms with E-state index in [0.29, 0.717) is 27.6 Å². The molecule has 0 saturated carbocycles. The van der Waals surface area contributed by atoms with E-state index < -0.39 is 6.04 Å². The molecule has 3 nitrogen and oxygen atoms in total. The van der Waals surface area contributed by atoms with Crippen LogP contribution in [0.15, 0.2) is 30.3 Å². The van der Waals surface area contributed by atoms with Gasteiger partial charge in [-0.1, -0.05) is 23.7 Å². The van der Waals surface area contributed by atoms with Crippen LogP contribution in [0.25, 0.3) is 0 Å². The lowest BCUT2D eigenvalue weighted by Gasteiger charge is -2.19. The Morgan fingerprint density at radius 3 is 2.43 bits per heavy atom. The topological polar surface area (TPSA) is 44.5 Å². The van der Waals surface area contributed by atoms with Crippen LogP contribution in [0.4, 0.5) is 4.39 Å². The molecule has 0 aliphatic carbocycles. The third-order valence-electron chi connectivity index (χ3n) is 3.39. The standard InChI is InChI=1S/C16H17ClFNO2/c1-9-8-10(4-6-12(9)18)15(19)11-5-7-13(20-2)14(17)16(11)21-3/h4-8,15H,19H2,1-3H3. The summed E-state index contributed by atoms with van der Waals surface area (Å²) in [6.07, 6.45) is 0. The first-order chi connectivity index (χ1) is 9.99. The third kappa shape index (κ3) is 2.96. The van der Waals surface area contributed by atoms with Gasteiger partial charge >= 0.3 is 0 Å². The molecule has 0 aliphatic heterocycles. The van der Waals surface area contributed by atoms with Crippen molar-refractivity contribution < 1.29 is 13.9 Å². The summed E-state index contributed by atoms with van der Waals surface area (Å²) in [6, 6.07) is 7.84. The van der Waals surface area contributed by atoms with Crippen LogP contribution in [-0.4, -0.2) is 14.2 Å². The van der Waals surface area contributed by atoms with Gasteiger partial charge in [0.25, 0.3) is 0 Å². The molecular weight excluding hydrogens is 293 g/mol. The normalized spacial score (nSPS) is 12.1. The van der Waals surface area contributed by atoms with Gasteiger partial charge < -0.3 is 15.2 Å². The average molecular weight is 310 g/mol. The predicted octanol–water partition coefficient (Wildman–Crippen LogP) is 3.85. The summed E-state index contributed by atoms with van der Waals surface area (Å²) in [6.45, 7) is 1.70. The van der Waals surface area contributed by atoms with Gasteiger partial charge in [0.15, 0.2) is 0 Å². The van der Waals surface area contributed by atoms with Gasteiger partial charge in [-0.3, -0.25) is 0 Å². The Morgan fingerprint density at radius 2 is 1.86 bits per heavy atom. The first-order valence-corrected chi connectivity index (χ1v) is 6.79. The molecule has 0 spiro atoms. The number of methoxy groups -OCH3 is 2. The Bertz CT molecular complexity index is 661. The third-order valence-corrected chi connectivity index (χ3v) is 3.75. The molecule has 0 heterocycles. The fourth-order valence-electron chi connectivity index (χ4n) is 2.20. The van der Waals surface area contributed by atoms with Crippen molar-refractivity contribution in [3.05, 3.63) is 57.9 Å². The van der Waals surface area contributed by atoms with Crippen molar-refractivity contribution in [2.45, 2.75) is 13.0 Å². The molecule has 21 heavy (non-hydrogen) atoms. The number of hydrogen-bond acceptors (Lipinski definition) is 3. The smallest absolute Gasteiger partial charge is 0.146 e. The molecule has 0 aromatic heterocycles. The highest BCUT2D eigenvalue weighted by molar-refractivity contribution is 6.33. The van der Waals surface area contributed by atoms with E-state index in [4.69, 9.17) is 26.8 Å². The Hall–Kier alpha value is -1.78. The molecule has 0 aliphatic rings. The van der Waals surface area contributed by atoms with Gasteiger partial charge in [0.1, 0.15) is 22.3 Å². The van der Waals surface area contributed by atoms with E-state index in [1.165, 1.54) is 20.3 Å². The van der Waals surface area contributed by atoms with Crippen LogP contribution >= 0.6 is 11.6 Å². The van der Waals surface area contributed by atoms with Gasteiger partial charge in [-0.25, -0.2) is 4.39 Å². The van der Waals surface area contributed by atoms with E-state index in [2.05, 4.69) is 0 Å². The van der Waals surface area contributed by atoms with Crippen molar-refractivity contribution in [3.8, 4) is 11.5 Å². The minimum Gasteiger partial charge on any atom is -0.495 e. The van der Waals surface area contributed by atoms with Crippen LogP contribution in [-0.2, 0) is 0 Å². The van der Waals surface area contributed by atoms with Crippen LogP contribution in [0.3, 0.4) is 0 Å². The number of nitrogens with two attached hydrogens (primary N) is 1. The summed E-state index contributed by atoms with van der Waals surface area (Å²) in [5, 5.41) is 0.367. The van der Waals surface area contributed by atoms with E-state index in [1.807, 2.05) is 0 Å². The van der Waals surface area contributed by atoms with Crippen molar-refractivity contribution in [3.63, 3.8) is 0 Å². The first kappa shape index (κ1) is 15.6. The lowest BCUT2D eigenvalue weighted by atomic mass is 9.97. The van der Waals surface area contributed by atoms with E-state index in [0.717, 1.165) is 5.56 Å². The van der Waals surface area contributed by atoms with Crippen LogP contribution in [0.2, 0.25) is 5.02 Å². The summed E-state index contributed by atoms with van der Waals surface area (Å²) in [4.78, 5) is 0. The molecule has 0 bridgehead atoms. The Balaban J connectivity index is 2.50. The number of halogens is 2. The second-order valence-electron chi connectivity index (χ2n) is 4.69.